The third-order valence-electron chi connectivity index (χ3n) is 5.94. The molecule has 0 spiro atoms. The summed E-state index contributed by atoms with van der Waals surface area (Å²) in [6, 6.07) is 8.38. The Morgan fingerprint density at radius 3 is 2.44 bits per heavy atom. The lowest BCUT2D eigenvalue weighted by molar-refractivity contribution is -0.119. The van der Waals surface area contributed by atoms with Crippen molar-refractivity contribution in [3.8, 4) is 0 Å². The van der Waals surface area contributed by atoms with Gasteiger partial charge < -0.3 is 10.2 Å². The lowest BCUT2D eigenvalue weighted by Gasteiger charge is -2.30. The van der Waals surface area contributed by atoms with Crippen molar-refractivity contribution in [1.82, 2.24) is 10.4 Å². The molecule has 5 nitrogen and oxygen atoms in total. The molecule has 0 saturated carbocycles. The first-order chi connectivity index (χ1) is 15.4. The van der Waals surface area contributed by atoms with Crippen molar-refractivity contribution in [2.75, 3.05) is 32.8 Å². The van der Waals surface area contributed by atoms with Gasteiger partial charge in [-0.3, -0.25) is 9.79 Å². The number of carbonyl (C=O) groups is 1. The molecule has 0 aromatic heterocycles. The Hall–Kier alpha value is -2.71. The number of carbonyl (C=O) groups excluding carboxylic acids is 1. The second-order valence-corrected chi connectivity index (χ2v) is 8.34. The molecule has 0 aliphatic carbocycles. The van der Waals surface area contributed by atoms with Gasteiger partial charge in [0, 0.05) is 49.9 Å². The number of amidine groups is 1. The number of Topliss-reactive ketones (excluding diaryl/α,β-unsaturated/α-hetero) is 1. The fraction of sp³-hybridized carbons (Fsp3) is 0.417. The molecule has 0 bridgehead atoms. The van der Waals surface area contributed by atoms with Crippen LogP contribution in [0, 0.1) is 30.3 Å². The van der Waals surface area contributed by atoms with Crippen LogP contribution >= 0.6 is 0 Å². The summed E-state index contributed by atoms with van der Waals surface area (Å²) in [6.07, 6.45) is 0.193. The minimum absolute atomic E-state index is 0.0299. The molecule has 0 unspecified atom stereocenters. The van der Waals surface area contributed by atoms with Crippen LogP contribution in [0.25, 0.3) is 0 Å². The average Bonchev–Trinajstić information content (AvgIpc) is 3.11. The highest BCUT2D eigenvalue weighted by molar-refractivity contribution is 5.92. The van der Waals surface area contributed by atoms with E-state index in [0.29, 0.717) is 43.3 Å². The first-order valence-corrected chi connectivity index (χ1v) is 10.8. The maximum absolute atomic E-state index is 14.8. The Labute approximate surface area is 185 Å². The van der Waals surface area contributed by atoms with Crippen LogP contribution < -0.4 is 5.43 Å². The summed E-state index contributed by atoms with van der Waals surface area (Å²) in [5.74, 6) is -2.22. The van der Waals surface area contributed by atoms with Gasteiger partial charge in [-0.25, -0.2) is 18.2 Å². The van der Waals surface area contributed by atoms with Crippen molar-refractivity contribution in [3.63, 3.8) is 0 Å². The van der Waals surface area contributed by atoms with Gasteiger partial charge in [-0.15, -0.1) is 0 Å². The van der Waals surface area contributed by atoms with E-state index in [9.17, 15) is 18.0 Å². The molecule has 8 heteroatoms. The fourth-order valence-electron chi connectivity index (χ4n) is 4.33. The number of hydrogen-bond acceptors (Lipinski definition) is 5. The molecular formula is C24H26F3N3O2. The van der Waals surface area contributed by atoms with E-state index in [1.165, 1.54) is 24.3 Å². The summed E-state index contributed by atoms with van der Waals surface area (Å²) in [5, 5.41) is 1.95. The number of benzene rings is 2. The highest BCUT2D eigenvalue weighted by Gasteiger charge is 2.38. The summed E-state index contributed by atoms with van der Waals surface area (Å²) in [6.45, 7) is 4.26. The molecule has 32 heavy (non-hydrogen) atoms. The molecule has 1 N–H and O–H groups in total. The van der Waals surface area contributed by atoms with Gasteiger partial charge in [0.2, 0.25) is 0 Å². The van der Waals surface area contributed by atoms with Gasteiger partial charge in [-0.1, -0.05) is 12.1 Å². The largest absolute Gasteiger partial charge is 0.379 e. The van der Waals surface area contributed by atoms with Crippen molar-refractivity contribution in [2.24, 2.45) is 10.9 Å². The molecule has 1 saturated heterocycles. The number of halogens is 3. The Balaban J connectivity index is 1.56. The van der Waals surface area contributed by atoms with E-state index >= 15 is 0 Å². The SMILES string of the molecule is Cc1cc(F)c([C@@H]2CN=C(NN3CCOCC3)[C@H]2CC(=O)Cc2ccc(F)cc2)c(F)c1. The topological polar surface area (TPSA) is 53.9 Å². The molecule has 2 heterocycles. The van der Waals surface area contributed by atoms with E-state index in [0.717, 1.165) is 0 Å². The Morgan fingerprint density at radius 1 is 1.12 bits per heavy atom. The highest BCUT2D eigenvalue weighted by Crippen LogP contribution is 2.37. The van der Waals surface area contributed by atoms with Gasteiger partial charge >= 0.3 is 0 Å². The van der Waals surface area contributed by atoms with Crippen LogP contribution in [-0.2, 0) is 16.0 Å². The van der Waals surface area contributed by atoms with Crippen molar-refractivity contribution >= 4 is 11.6 Å². The number of aryl methyl sites for hydroxylation is 1. The monoisotopic (exact) mass is 445 g/mol. The third-order valence-corrected chi connectivity index (χ3v) is 5.94. The van der Waals surface area contributed by atoms with Gasteiger partial charge in [0.05, 0.1) is 13.2 Å². The van der Waals surface area contributed by atoms with Crippen LogP contribution in [0.15, 0.2) is 41.4 Å². The lowest BCUT2D eigenvalue weighted by Crippen LogP contribution is -2.50. The average molecular weight is 445 g/mol. The van der Waals surface area contributed by atoms with E-state index in [2.05, 4.69) is 10.4 Å². The summed E-state index contributed by atoms with van der Waals surface area (Å²) in [7, 11) is 0. The molecule has 170 valence electrons. The minimum atomic E-state index is -0.619. The molecular weight excluding hydrogens is 419 g/mol. The smallest absolute Gasteiger partial charge is 0.138 e. The Bertz CT molecular complexity index is 981. The number of hydrogen-bond donors (Lipinski definition) is 1. The van der Waals surface area contributed by atoms with Gasteiger partial charge in [-0.05, 0) is 42.3 Å². The predicted molar refractivity (Wildman–Crippen MR) is 115 cm³/mol. The summed E-state index contributed by atoms with van der Waals surface area (Å²) in [5.41, 5.74) is 4.41. The van der Waals surface area contributed by atoms with Gasteiger partial charge in [-0.2, -0.15) is 0 Å². The Morgan fingerprint density at radius 2 is 1.78 bits per heavy atom. The summed E-state index contributed by atoms with van der Waals surface area (Å²) < 4.78 is 48.1. The third kappa shape index (κ3) is 5.19. The van der Waals surface area contributed by atoms with E-state index in [-0.39, 0.29) is 36.6 Å². The first-order valence-electron chi connectivity index (χ1n) is 10.8. The second-order valence-electron chi connectivity index (χ2n) is 8.34. The number of aliphatic imine (C=N–C) groups is 1. The molecule has 2 aromatic rings. The number of ether oxygens (including phenoxy) is 1. The number of nitrogens with one attached hydrogen (secondary N) is 1. The highest BCUT2D eigenvalue weighted by atomic mass is 19.1. The van der Waals surface area contributed by atoms with Crippen molar-refractivity contribution < 1.29 is 22.7 Å². The molecule has 0 radical (unpaired) electrons. The van der Waals surface area contributed by atoms with E-state index in [4.69, 9.17) is 4.74 Å². The molecule has 4 rings (SSSR count). The zero-order chi connectivity index (χ0) is 22.7. The number of morpholine rings is 1. The Kier molecular flexibility index (Phi) is 6.91. The zero-order valence-corrected chi connectivity index (χ0v) is 17.9. The molecule has 2 aliphatic heterocycles. The number of nitrogens with zero attached hydrogens (tertiary/aromatic N) is 2. The molecule has 0 amide bonds. The summed E-state index contributed by atoms with van der Waals surface area (Å²) >= 11 is 0. The van der Waals surface area contributed by atoms with Crippen LogP contribution in [0.5, 0.6) is 0 Å². The van der Waals surface area contributed by atoms with Crippen LogP contribution in [0.4, 0.5) is 13.2 Å². The summed E-state index contributed by atoms with van der Waals surface area (Å²) in [4.78, 5) is 17.4. The van der Waals surface area contributed by atoms with E-state index < -0.39 is 23.5 Å². The van der Waals surface area contributed by atoms with Gasteiger partial charge in [0.25, 0.3) is 0 Å². The minimum Gasteiger partial charge on any atom is -0.379 e. The van der Waals surface area contributed by atoms with Crippen LogP contribution in [-0.4, -0.2) is 49.5 Å². The normalized spacial score (nSPS) is 21.4. The number of ketones is 1. The zero-order valence-electron chi connectivity index (χ0n) is 17.9. The predicted octanol–water partition coefficient (Wildman–Crippen LogP) is 3.56. The quantitative estimate of drug-likeness (QED) is 0.739. The second kappa shape index (κ2) is 9.83. The van der Waals surface area contributed by atoms with Crippen molar-refractivity contribution in [2.45, 2.75) is 25.7 Å². The van der Waals surface area contributed by atoms with E-state index in [1.807, 2.05) is 5.01 Å². The molecule has 2 aliphatic rings. The fourth-order valence-corrected chi connectivity index (χ4v) is 4.33. The maximum Gasteiger partial charge on any atom is 0.138 e. The number of hydrazine groups is 1. The first kappa shape index (κ1) is 22.5. The van der Waals surface area contributed by atoms with Crippen LogP contribution in [0.2, 0.25) is 0 Å². The van der Waals surface area contributed by atoms with E-state index in [1.54, 1.807) is 19.1 Å². The number of rotatable bonds is 6. The standard InChI is InChI=1S/C24H26F3N3O2/c1-15-10-21(26)23(22(27)11-15)20-14-28-24(29-30-6-8-32-9-7-30)19(20)13-18(31)12-16-2-4-17(25)5-3-16/h2-5,10-11,19-20H,6-9,12-14H2,1H3,(H,28,29)/t19-,20+/m0/s1. The van der Waals surface area contributed by atoms with Crippen molar-refractivity contribution in [3.05, 3.63) is 70.5 Å². The maximum atomic E-state index is 14.8. The van der Waals surface area contributed by atoms with Crippen LogP contribution in [0.3, 0.4) is 0 Å². The van der Waals surface area contributed by atoms with Crippen LogP contribution in [0.1, 0.15) is 29.0 Å². The molecule has 1 fully saturated rings. The lowest BCUT2D eigenvalue weighted by atomic mass is 9.82. The van der Waals surface area contributed by atoms with Gasteiger partial charge in [0.15, 0.2) is 0 Å². The van der Waals surface area contributed by atoms with Crippen molar-refractivity contribution in [1.29, 1.82) is 0 Å². The molecule has 2 atom stereocenters. The molecule has 2 aromatic carbocycles. The van der Waals surface area contributed by atoms with Gasteiger partial charge in [0.1, 0.15) is 29.1 Å².